The van der Waals surface area contributed by atoms with Crippen LogP contribution in [0, 0.1) is 0 Å². The summed E-state index contributed by atoms with van der Waals surface area (Å²) in [5.41, 5.74) is 0. The Morgan fingerprint density at radius 1 is 1.19 bits per heavy atom. The monoisotopic (exact) mass is 236 g/mol. The molecular formula is C10H20O6. The maximum atomic E-state index is 8.44. The first-order valence-electron chi connectivity index (χ1n) is 5.41. The molecule has 0 saturated carbocycles. The van der Waals surface area contributed by atoms with Crippen LogP contribution in [-0.4, -0.2) is 72.8 Å². The summed E-state index contributed by atoms with van der Waals surface area (Å²) in [6.45, 7) is 4.30. The molecule has 2 aliphatic rings. The quantitative estimate of drug-likeness (QED) is 0.487. The van der Waals surface area contributed by atoms with Crippen molar-refractivity contribution in [2.75, 3.05) is 33.0 Å². The van der Waals surface area contributed by atoms with Crippen molar-refractivity contribution in [2.45, 2.75) is 31.3 Å². The second-order valence-electron chi connectivity index (χ2n) is 3.94. The average Bonchev–Trinajstić information content (AvgIpc) is 3.11. The summed E-state index contributed by atoms with van der Waals surface area (Å²) in [7, 11) is 0. The topological polar surface area (TPSA) is 95.0 Å². The summed E-state index contributed by atoms with van der Waals surface area (Å²) >= 11 is 0. The summed E-state index contributed by atoms with van der Waals surface area (Å²) in [6, 6.07) is 0. The number of hydrogen-bond acceptors (Lipinski definition) is 6. The van der Waals surface area contributed by atoms with Gasteiger partial charge in [-0.1, -0.05) is 0 Å². The number of hydrogen-bond donors (Lipinski definition) is 3. The molecule has 6 heteroatoms. The van der Waals surface area contributed by atoms with E-state index in [9.17, 15) is 0 Å². The first kappa shape index (κ1) is 13.8. The zero-order valence-corrected chi connectivity index (χ0v) is 9.41. The van der Waals surface area contributed by atoms with E-state index in [1.807, 2.05) is 0 Å². The molecule has 0 bridgehead atoms. The molecule has 3 N–H and O–H groups in total. The third-order valence-corrected chi connectivity index (χ3v) is 2.16. The standard InChI is InChI=1S/C6H10O3.C4H10O3/c1(5-3-8-5)7-2-6-4-9-6;1-3(6)4(7)2-5/h5-6H,1-4H2;3-7H,2H2,1H3. The molecule has 2 saturated heterocycles. The predicted octanol–water partition coefficient (Wildman–Crippen LogP) is -1.48. The first-order valence-corrected chi connectivity index (χ1v) is 5.41. The highest BCUT2D eigenvalue weighted by atomic mass is 16.6. The third-order valence-electron chi connectivity index (χ3n) is 2.16. The van der Waals surface area contributed by atoms with Gasteiger partial charge in [-0.3, -0.25) is 0 Å². The van der Waals surface area contributed by atoms with Crippen molar-refractivity contribution in [3.63, 3.8) is 0 Å². The Balaban J connectivity index is 0.000000168. The van der Waals surface area contributed by atoms with Crippen LogP contribution in [0.5, 0.6) is 0 Å². The summed E-state index contributed by atoms with van der Waals surface area (Å²) in [4.78, 5) is 0. The largest absolute Gasteiger partial charge is 0.394 e. The molecule has 2 fully saturated rings. The maximum Gasteiger partial charge on any atom is 0.104 e. The lowest BCUT2D eigenvalue weighted by atomic mass is 10.2. The van der Waals surface area contributed by atoms with Crippen LogP contribution in [0.4, 0.5) is 0 Å². The first-order chi connectivity index (χ1) is 7.63. The molecule has 0 aliphatic carbocycles. The normalized spacial score (nSPS) is 30.0. The average molecular weight is 236 g/mol. The van der Waals surface area contributed by atoms with E-state index in [0.29, 0.717) is 12.2 Å². The van der Waals surface area contributed by atoms with E-state index in [4.69, 9.17) is 29.5 Å². The highest BCUT2D eigenvalue weighted by molar-refractivity contribution is 4.71. The summed E-state index contributed by atoms with van der Waals surface area (Å²) in [6.07, 6.45) is -1.03. The number of ether oxygens (including phenoxy) is 3. The van der Waals surface area contributed by atoms with Gasteiger partial charge >= 0.3 is 0 Å². The molecular weight excluding hydrogens is 216 g/mol. The highest BCUT2D eigenvalue weighted by Gasteiger charge is 2.26. The smallest absolute Gasteiger partial charge is 0.104 e. The SMILES string of the molecule is C(OCC1CO1)C1CO1.CC(O)C(O)CO. The lowest BCUT2D eigenvalue weighted by Gasteiger charge is -2.07. The van der Waals surface area contributed by atoms with Crippen LogP contribution in [0.2, 0.25) is 0 Å². The summed E-state index contributed by atoms with van der Waals surface area (Å²) in [5, 5.41) is 24.9. The minimum absolute atomic E-state index is 0.377. The number of epoxide rings is 2. The van der Waals surface area contributed by atoms with Crippen molar-refractivity contribution >= 4 is 0 Å². The fourth-order valence-corrected chi connectivity index (χ4v) is 0.812. The predicted molar refractivity (Wildman–Crippen MR) is 55.1 cm³/mol. The van der Waals surface area contributed by atoms with Crippen molar-refractivity contribution in [1.82, 2.24) is 0 Å². The summed E-state index contributed by atoms with van der Waals surface area (Å²) in [5.74, 6) is 0. The molecule has 2 heterocycles. The van der Waals surface area contributed by atoms with E-state index >= 15 is 0 Å². The van der Waals surface area contributed by atoms with Crippen LogP contribution >= 0.6 is 0 Å². The zero-order chi connectivity index (χ0) is 12.0. The Labute approximate surface area is 94.7 Å². The minimum atomic E-state index is -0.986. The molecule has 2 aliphatic heterocycles. The Kier molecular flexibility index (Phi) is 6.18. The minimum Gasteiger partial charge on any atom is -0.394 e. The van der Waals surface area contributed by atoms with Crippen LogP contribution in [0.1, 0.15) is 6.92 Å². The van der Waals surface area contributed by atoms with Gasteiger partial charge in [-0.05, 0) is 6.92 Å². The van der Waals surface area contributed by atoms with Crippen LogP contribution < -0.4 is 0 Å². The molecule has 0 spiro atoms. The van der Waals surface area contributed by atoms with Crippen molar-refractivity contribution in [2.24, 2.45) is 0 Å². The number of rotatable bonds is 6. The second kappa shape index (κ2) is 7.16. The van der Waals surface area contributed by atoms with Gasteiger partial charge in [0, 0.05) is 0 Å². The van der Waals surface area contributed by atoms with E-state index in [0.717, 1.165) is 26.4 Å². The van der Waals surface area contributed by atoms with Gasteiger partial charge in [-0.25, -0.2) is 0 Å². The molecule has 0 amide bonds. The van der Waals surface area contributed by atoms with Crippen molar-refractivity contribution in [1.29, 1.82) is 0 Å². The maximum absolute atomic E-state index is 8.44. The molecule has 4 unspecified atom stereocenters. The van der Waals surface area contributed by atoms with E-state index in [2.05, 4.69) is 0 Å². The molecule has 0 aromatic carbocycles. The van der Waals surface area contributed by atoms with Gasteiger partial charge in [-0.15, -0.1) is 0 Å². The highest BCUT2D eigenvalue weighted by Crippen LogP contribution is 2.12. The lowest BCUT2D eigenvalue weighted by Crippen LogP contribution is -2.25. The van der Waals surface area contributed by atoms with Crippen LogP contribution in [-0.2, 0) is 14.2 Å². The van der Waals surface area contributed by atoms with E-state index in [1.54, 1.807) is 0 Å². The van der Waals surface area contributed by atoms with Crippen LogP contribution in [0.3, 0.4) is 0 Å². The van der Waals surface area contributed by atoms with E-state index in [-0.39, 0.29) is 6.61 Å². The Morgan fingerprint density at radius 2 is 1.62 bits per heavy atom. The Morgan fingerprint density at radius 3 is 1.81 bits per heavy atom. The van der Waals surface area contributed by atoms with E-state index in [1.165, 1.54) is 6.92 Å². The second-order valence-corrected chi connectivity index (χ2v) is 3.94. The summed E-state index contributed by atoms with van der Waals surface area (Å²) < 4.78 is 15.1. The zero-order valence-electron chi connectivity index (χ0n) is 9.41. The molecule has 4 atom stereocenters. The number of aliphatic hydroxyl groups excluding tert-OH is 3. The Hall–Kier alpha value is -0.240. The van der Waals surface area contributed by atoms with Gasteiger partial charge in [0.15, 0.2) is 0 Å². The van der Waals surface area contributed by atoms with Crippen molar-refractivity contribution in [3.05, 3.63) is 0 Å². The van der Waals surface area contributed by atoms with Gasteiger partial charge in [0.25, 0.3) is 0 Å². The van der Waals surface area contributed by atoms with Crippen molar-refractivity contribution in [3.8, 4) is 0 Å². The van der Waals surface area contributed by atoms with Gasteiger partial charge in [0.2, 0.25) is 0 Å². The van der Waals surface area contributed by atoms with Crippen molar-refractivity contribution < 1.29 is 29.5 Å². The molecule has 0 aromatic heterocycles. The molecule has 2 rings (SSSR count). The van der Waals surface area contributed by atoms with Crippen LogP contribution in [0.25, 0.3) is 0 Å². The molecule has 16 heavy (non-hydrogen) atoms. The van der Waals surface area contributed by atoms with Crippen LogP contribution in [0.15, 0.2) is 0 Å². The van der Waals surface area contributed by atoms with Gasteiger partial charge in [0.05, 0.1) is 39.1 Å². The van der Waals surface area contributed by atoms with Gasteiger partial charge in [0.1, 0.15) is 18.3 Å². The fraction of sp³-hybridized carbons (Fsp3) is 1.00. The van der Waals surface area contributed by atoms with Gasteiger partial charge in [-0.2, -0.15) is 0 Å². The molecule has 0 aromatic rings. The third kappa shape index (κ3) is 7.10. The number of aliphatic hydroxyl groups is 3. The van der Waals surface area contributed by atoms with Gasteiger partial charge < -0.3 is 29.5 Å². The Bertz CT molecular complexity index is 166. The fourth-order valence-electron chi connectivity index (χ4n) is 0.812. The molecule has 96 valence electrons. The van der Waals surface area contributed by atoms with E-state index < -0.39 is 12.2 Å². The molecule has 6 nitrogen and oxygen atoms in total. The lowest BCUT2D eigenvalue weighted by molar-refractivity contribution is -0.00425. The molecule has 0 radical (unpaired) electrons.